The molecule has 0 amide bonds. The van der Waals surface area contributed by atoms with Crippen LogP contribution in [0.25, 0.3) is 0 Å². The molecule has 0 aromatic carbocycles. The largest absolute Gasteiger partial charge is 0.317 e. The third-order valence-corrected chi connectivity index (χ3v) is 3.96. The van der Waals surface area contributed by atoms with E-state index in [0.29, 0.717) is 0 Å². The zero-order valence-electron chi connectivity index (χ0n) is 9.04. The average molecular weight is 194 g/mol. The van der Waals surface area contributed by atoms with Crippen molar-refractivity contribution in [2.45, 2.75) is 50.6 Å². The monoisotopic (exact) mass is 194 g/mol. The fourth-order valence-corrected chi connectivity index (χ4v) is 2.74. The minimum atomic E-state index is 0.921. The fourth-order valence-electron chi connectivity index (χ4n) is 2.74. The van der Waals surface area contributed by atoms with Gasteiger partial charge in [-0.1, -0.05) is 0 Å². The molecule has 0 radical (unpaired) electrons. The third kappa shape index (κ3) is 2.12. The Kier molecular flexibility index (Phi) is 2.50. The molecule has 1 heterocycles. The summed E-state index contributed by atoms with van der Waals surface area (Å²) in [5.74, 6) is 1.07. The Hall–Kier alpha value is -0.0800. The van der Waals surface area contributed by atoms with Gasteiger partial charge in [-0.2, -0.15) is 0 Å². The molecule has 3 aliphatic rings. The molecule has 0 unspecified atom stereocenters. The zero-order valence-corrected chi connectivity index (χ0v) is 9.04. The van der Waals surface area contributed by atoms with E-state index in [2.05, 4.69) is 10.2 Å². The highest BCUT2D eigenvalue weighted by molar-refractivity contribution is 4.93. The molecule has 0 aromatic rings. The molecule has 1 aliphatic heterocycles. The van der Waals surface area contributed by atoms with Crippen LogP contribution in [0.2, 0.25) is 0 Å². The molecule has 2 aliphatic carbocycles. The SMILES string of the molecule is C1CC(N(CC2CC2)C2CC2)CCN1. The predicted molar refractivity (Wildman–Crippen MR) is 58.3 cm³/mol. The van der Waals surface area contributed by atoms with Crippen LogP contribution in [0.4, 0.5) is 0 Å². The summed E-state index contributed by atoms with van der Waals surface area (Å²) in [6.07, 6.45) is 8.77. The van der Waals surface area contributed by atoms with Crippen LogP contribution < -0.4 is 5.32 Å². The average Bonchev–Trinajstić information content (AvgIpc) is 3.08. The van der Waals surface area contributed by atoms with Crippen molar-refractivity contribution in [1.29, 1.82) is 0 Å². The van der Waals surface area contributed by atoms with Crippen molar-refractivity contribution < 1.29 is 0 Å². The van der Waals surface area contributed by atoms with Crippen LogP contribution in [0, 0.1) is 5.92 Å². The van der Waals surface area contributed by atoms with E-state index in [1.807, 2.05) is 0 Å². The Morgan fingerprint density at radius 3 is 2.07 bits per heavy atom. The number of hydrogen-bond donors (Lipinski definition) is 1. The molecule has 1 N–H and O–H groups in total. The second kappa shape index (κ2) is 3.82. The highest BCUT2D eigenvalue weighted by Gasteiger charge is 2.37. The molecular formula is C12H22N2. The second-order valence-corrected chi connectivity index (χ2v) is 5.35. The normalized spacial score (nSPS) is 29.8. The lowest BCUT2D eigenvalue weighted by Gasteiger charge is -2.35. The van der Waals surface area contributed by atoms with Crippen LogP contribution in [0.3, 0.4) is 0 Å². The van der Waals surface area contributed by atoms with Crippen molar-refractivity contribution in [2.75, 3.05) is 19.6 Å². The molecule has 3 rings (SSSR count). The van der Waals surface area contributed by atoms with Gasteiger partial charge in [-0.25, -0.2) is 0 Å². The standard InChI is InChI=1S/C12H22N2/c1-2-10(1)9-14(11-3-4-11)12-5-7-13-8-6-12/h10-13H,1-9H2. The van der Waals surface area contributed by atoms with Crippen LogP contribution >= 0.6 is 0 Å². The summed E-state index contributed by atoms with van der Waals surface area (Å²) in [5, 5.41) is 3.47. The molecule has 80 valence electrons. The Balaban J connectivity index is 1.57. The van der Waals surface area contributed by atoms with Gasteiger partial charge in [0.2, 0.25) is 0 Å². The molecule has 2 heteroatoms. The van der Waals surface area contributed by atoms with Crippen molar-refractivity contribution in [2.24, 2.45) is 5.92 Å². The Morgan fingerprint density at radius 2 is 1.50 bits per heavy atom. The first kappa shape index (κ1) is 9.17. The van der Waals surface area contributed by atoms with Gasteiger partial charge in [0.15, 0.2) is 0 Å². The van der Waals surface area contributed by atoms with Crippen molar-refractivity contribution in [3.05, 3.63) is 0 Å². The number of nitrogens with zero attached hydrogens (tertiary/aromatic N) is 1. The molecule has 1 saturated heterocycles. The quantitative estimate of drug-likeness (QED) is 0.731. The van der Waals surface area contributed by atoms with Crippen molar-refractivity contribution in [3.8, 4) is 0 Å². The summed E-state index contributed by atoms with van der Waals surface area (Å²) >= 11 is 0. The van der Waals surface area contributed by atoms with Crippen LogP contribution in [-0.2, 0) is 0 Å². The lowest BCUT2D eigenvalue weighted by atomic mass is 10.0. The summed E-state index contributed by atoms with van der Waals surface area (Å²) in [6, 6.07) is 1.91. The highest BCUT2D eigenvalue weighted by Crippen LogP contribution is 2.37. The van der Waals surface area contributed by atoms with Gasteiger partial charge < -0.3 is 5.32 Å². The summed E-state index contributed by atoms with van der Waals surface area (Å²) in [5.41, 5.74) is 0. The Bertz CT molecular complexity index is 190. The van der Waals surface area contributed by atoms with E-state index < -0.39 is 0 Å². The van der Waals surface area contributed by atoms with Gasteiger partial charge in [-0.15, -0.1) is 0 Å². The van der Waals surface area contributed by atoms with Gasteiger partial charge >= 0.3 is 0 Å². The summed E-state index contributed by atoms with van der Waals surface area (Å²) in [6.45, 7) is 3.92. The van der Waals surface area contributed by atoms with Crippen LogP contribution in [0.15, 0.2) is 0 Å². The fraction of sp³-hybridized carbons (Fsp3) is 1.00. The van der Waals surface area contributed by atoms with E-state index in [-0.39, 0.29) is 0 Å². The molecule has 14 heavy (non-hydrogen) atoms. The topological polar surface area (TPSA) is 15.3 Å². The van der Waals surface area contributed by atoms with Crippen LogP contribution in [-0.4, -0.2) is 36.6 Å². The number of nitrogens with one attached hydrogen (secondary N) is 1. The maximum atomic E-state index is 3.47. The first-order valence-electron chi connectivity index (χ1n) is 6.40. The summed E-state index contributed by atoms with van der Waals surface area (Å²) in [7, 11) is 0. The predicted octanol–water partition coefficient (Wildman–Crippen LogP) is 1.61. The van der Waals surface area contributed by atoms with Gasteiger partial charge in [0.25, 0.3) is 0 Å². The maximum absolute atomic E-state index is 3.47. The Labute approximate surface area is 87.0 Å². The maximum Gasteiger partial charge on any atom is 0.0122 e. The molecule has 3 fully saturated rings. The minimum Gasteiger partial charge on any atom is -0.317 e. The smallest absolute Gasteiger partial charge is 0.0122 e. The van der Waals surface area contributed by atoms with Crippen LogP contribution in [0.5, 0.6) is 0 Å². The summed E-state index contributed by atoms with van der Waals surface area (Å²) in [4.78, 5) is 2.86. The van der Waals surface area contributed by atoms with Crippen molar-refractivity contribution in [3.63, 3.8) is 0 Å². The van der Waals surface area contributed by atoms with Crippen molar-refractivity contribution in [1.82, 2.24) is 10.2 Å². The third-order valence-electron chi connectivity index (χ3n) is 3.96. The van der Waals surface area contributed by atoms with Gasteiger partial charge in [-0.3, -0.25) is 4.90 Å². The Morgan fingerprint density at radius 1 is 0.857 bits per heavy atom. The van der Waals surface area contributed by atoms with E-state index in [1.54, 1.807) is 0 Å². The summed E-state index contributed by atoms with van der Waals surface area (Å²) < 4.78 is 0. The molecule has 0 aromatic heterocycles. The van der Waals surface area contributed by atoms with E-state index in [1.165, 1.54) is 58.2 Å². The van der Waals surface area contributed by atoms with E-state index in [0.717, 1.165) is 18.0 Å². The van der Waals surface area contributed by atoms with E-state index in [9.17, 15) is 0 Å². The number of hydrogen-bond acceptors (Lipinski definition) is 2. The minimum absolute atomic E-state index is 0.921. The van der Waals surface area contributed by atoms with Gasteiger partial charge in [0.05, 0.1) is 0 Å². The zero-order chi connectivity index (χ0) is 9.38. The first-order chi connectivity index (χ1) is 6.93. The van der Waals surface area contributed by atoms with Gasteiger partial charge in [0.1, 0.15) is 0 Å². The molecule has 2 saturated carbocycles. The van der Waals surface area contributed by atoms with Crippen molar-refractivity contribution >= 4 is 0 Å². The first-order valence-corrected chi connectivity index (χ1v) is 6.40. The van der Waals surface area contributed by atoms with Crippen LogP contribution in [0.1, 0.15) is 38.5 Å². The number of piperidine rings is 1. The van der Waals surface area contributed by atoms with Gasteiger partial charge in [0, 0.05) is 18.6 Å². The molecule has 2 nitrogen and oxygen atoms in total. The highest BCUT2D eigenvalue weighted by atomic mass is 15.2. The van der Waals surface area contributed by atoms with E-state index in [4.69, 9.17) is 0 Å². The molecule has 0 atom stereocenters. The lowest BCUT2D eigenvalue weighted by Crippen LogP contribution is -2.45. The van der Waals surface area contributed by atoms with E-state index >= 15 is 0 Å². The second-order valence-electron chi connectivity index (χ2n) is 5.35. The molecule has 0 bridgehead atoms. The lowest BCUT2D eigenvalue weighted by molar-refractivity contribution is 0.146. The van der Waals surface area contributed by atoms with Gasteiger partial charge in [-0.05, 0) is 57.5 Å². The molecule has 0 spiro atoms. The number of rotatable bonds is 4. The molecular weight excluding hydrogens is 172 g/mol.